The van der Waals surface area contributed by atoms with Gasteiger partial charge in [-0.15, -0.1) is 0 Å². The van der Waals surface area contributed by atoms with Crippen LogP contribution in [0.4, 0.5) is 10.5 Å². The van der Waals surface area contributed by atoms with Gasteiger partial charge >= 0.3 is 12.1 Å². The van der Waals surface area contributed by atoms with E-state index in [-0.39, 0.29) is 6.61 Å². The Morgan fingerprint density at radius 1 is 0.789 bits per heavy atom. The number of benzene rings is 4. The lowest BCUT2D eigenvalue weighted by atomic mass is 9.98. The van der Waals surface area contributed by atoms with Crippen LogP contribution >= 0.6 is 0 Å². The lowest BCUT2D eigenvalue weighted by Gasteiger charge is -2.26. The molecule has 0 aromatic heterocycles. The molecule has 0 radical (unpaired) electrons. The number of nitrogens with zero attached hydrogens (tertiary/aromatic N) is 1. The summed E-state index contributed by atoms with van der Waals surface area (Å²) in [7, 11) is 1.27. The SMILES string of the molecule is COC(=O)[C@H]1OC(=O)N(c2ccccc2)[C@@H]1c1ccc(OCc2ccccc2)cc1OCc1ccccc1. The monoisotopic (exact) mass is 509 g/mol. The number of cyclic esters (lactones) is 1. The Bertz CT molecular complexity index is 1380. The van der Waals surface area contributed by atoms with E-state index in [1.165, 1.54) is 12.0 Å². The van der Waals surface area contributed by atoms with Crippen molar-refractivity contribution in [3.63, 3.8) is 0 Å². The van der Waals surface area contributed by atoms with Crippen LogP contribution in [-0.2, 0) is 27.5 Å². The number of carbonyl (C=O) groups excluding carboxylic acids is 2. The summed E-state index contributed by atoms with van der Waals surface area (Å²) in [6.07, 6.45) is -1.82. The van der Waals surface area contributed by atoms with Crippen molar-refractivity contribution in [2.45, 2.75) is 25.4 Å². The lowest BCUT2D eigenvalue weighted by molar-refractivity contribution is -0.149. The average molecular weight is 510 g/mol. The van der Waals surface area contributed by atoms with Crippen molar-refractivity contribution in [2.75, 3.05) is 12.0 Å². The molecular formula is C31H27NO6. The predicted molar refractivity (Wildman–Crippen MR) is 142 cm³/mol. The van der Waals surface area contributed by atoms with Crippen LogP contribution in [0.3, 0.4) is 0 Å². The van der Waals surface area contributed by atoms with Gasteiger partial charge in [-0.1, -0.05) is 78.9 Å². The van der Waals surface area contributed by atoms with Crippen molar-refractivity contribution in [1.29, 1.82) is 0 Å². The minimum Gasteiger partial charge on any atom is -0.489 e. The first kappa shape index (κ1) is 24.9. The Hall–Kier alpha value is -4.78. The van der Waals surface area contributed by atoms with E-state index in [1.54, 1.807) is 30.3 Å². The fourth-order valence-corrected chi connectivity index (χ4v) is 4.38. The number of hydrogen-bond donors (Lipinski definition) is 0. The van der Waals surface area contributed by atoms with Crippen molar-refractivity contribution >= 4 is 17.7 Å². The second kappa shape index (κ2) is 11.5. The zero-order valence-corrected chi connectivity index (χ0v) is 20.9. The minimum atomic E-state index is -1.18. The summed E-state index contributed by atoms with van der Waals surface area (Å²) >= 11 is 0. The molecule has 4 aromatic rings. The number of ether oxygens (including phenoxy) is 4. The van der Waals surface area contributed by atoms with Crippen molar-refractivity contribution in [3.05, 3.63) is 126 Å². The first-order valence-corrected chi connectivity index (χ1v) is 12.2. The first-order chi connectivity index (χ1) is 18.6. The molecule has 38 heavy (non-hydrogen) atoms. The third-order valence-corrected chi connectivity index (χ3v) is 6.25. The van der Waals surface area contributed by atoms with E-state index in [1.807, 2.05) is 78.9 Å². The number of esters is 1. The number of methoxy groups -OCH3 is 1. The molecule has 7 nitrogen and oxygen atoms in total. The summed E-state index contributed by atoms with van der Waals surface area (Å²) in [5.74, 6) is 0.407. The maximum absolute atomic E-state index is 13.0. The highest BCUT2D eigenvalue weighted by molar-refractivity contribution is 5.96. The zero-order chi connectivity index (χ0) is 26.3. The number of carbonyl (C=O) groups is 2. The Balaban J connectivity index is 1.53. The lowest BCUT2D eigenvalue weighted by Crippen LogP contribution is -2.33. The molecule has 0 N–H and O–H groups in total. The molecule has 1 heterocycles. The maximum atomic E-state index is 13.0. The van der Waals surface area contributed by atoms with Gasteiger partial charge in [-0.3, -0.25) is 4.90 Å². The molecule has 1 aliphatic heterocycles. The molecule has 0 spiro atoms. The van der Waals surface area contributed by atoms with E-state index in [0.717, 1.165) is 11.1 Å². The maximum Gasteiger partial charge on any atom is 0.415 e. The minimum absolute atomic E-state index is 0.283. The molecule has 0 bridgehead atoms. The summed E-state index contributed by atoms with van der Waals surface area (Å²) in [4.78, 5) is 27.2. The number of hydrogen-bond acceptors (Lipinski definition) is 6. The van der Waals surface area contributed by atoms with Gasteiger partial charge in [0, 0.05) is 17.3 Å². The first-order valence-electron chi connectivity index (χ1n) is 12.2. The van der Waals surface area contributed by atoms with Crippen LogP contribution in [0.15, 0.2) is 109 Å². The molecular weight excluding hydrogens is 482 g/mol. The third-order valence-electron chi connectivity index (χ3n) is 6.25. The molecule has 0 unspecified atom stereocenters. The molecule has 192 valence electrons. The Kier molecular flexibility index (Phi) is 7.54. The van der Waals surface area contributed by atoms with Gasteiger partial charge in [0.05, 0.1) is 7.11 Å². The fraction of sp³-hybridized carbons (Fsp3) is 0.161. The zero-order valence-electron chi connectivity index (χ0n) is 20.9. The van der Waals surface area contributed by atoms with Crippen molar-refractivity contribution in [3.8, 4) is 11.5 Å². The summed E-state index contributed by atoms with van der Waals surface area (Å²) in [5, 5.41) is 0. The quantitative estimate of drug-likeness (QED) is 0.255. The van der Waals surface area contributed by atoms with Crippen LogP contribution < -0.4 is 14.4 Å². The van der Waals surface area contributed by atoms with Crippen LogP contribution in [0.5, 0.6) is 11.5 Å². The normalized spacial score (nSPS) is 16.6. The van der Waals surface area contributed by atoms with Gasteiger partial charge in [-0.05, 0) is 35.4 Å². The van der Waals surface area contributed by atoms with Gasteiger partial charge in [0.15, 0.2) is 0 Å². The second-order valence-electron chi connectivity index (χ2n) is 8.73. The molecule has 7 heteroatoms. The molecule has 1 fully saturated rings. The highest BCUT2D eigenvalue weighted by Crippen LogP contribution is 2.42. The second-order valence-corrected chi connectivity index (χ2v) is 8.73. The summed E-state index contributed by atoms with van der Waals surface area (Å²) in [5.41, 5.74) is 3.18. The van der Waals surface area contributed by atoms with Gasteiger partial charge in [0.1, 0.15) is 30.8 Å². The van der Waals surface area contributed by atoms with Gasteiger partial charge in [-0.2, -0.15) is 0 Å². The smallest absolute Gasteiger partial charge is 0.415 e. The molecule has 1 amide bonds. The fourth-order valence-electron chi connectivity index (χ4n) is 4.38. The average Bonchev–Trinajstić information content (AvgIpc) is 3.32. The summed E-state index contributed by atoms with van der Waals surface area (Å²) < 4.78 is 22.8. The van der Waals surface area contributed by atoms with Gasteiger partial charge in [-0.25, -0.2) is 9.59 Å². The van der Waals surface area contributed by atoms with Crippen LogP contribution in [0.1, 0.15) is 22.7 Å². The topological polar surface area (TPSA) is 74.3 Å². The molecule has 1 saturated heterocycles. The number of amides is 1. The molecule has 4 aromatic carbocycles. The van der Waals surface area contributed by atoms with Crippen LogP contribution in [-0.4, -0.2) is 25.3 Å². The third kappa shape index (κ3) is 5.47. The van der Waals surface area contributed by atoms with Crippen molar-refractivity contribution in [2.24, 2.45) is 0 Å². The molecule has 0 aliphatic carbocycles. The molecule has 0 saturated carbocycles. The molecule has 1 aliphatic rings. The number of para-hydroxylation sites is 1. The largest absolute Gasteiger partial charge is 0.489 e. The highest BCUT2D eigenvalue weighted by Gasteiger charge is 2.49. The van der Waals surface area contributed by atoms with Crippen LogP contribution in [0.2, 0.25) is 0 Å². The van der Waals surface area contributed by atoms with Crippen LogP contribution in [0.25, 0.3) is 0 Å². The van der Waals surface area contributed by atoms with E-state index in [0.29, 0.717) is 29.4 Å². The van der Waals surface area contributed by atoms with Crippen molar-refractivity contribution in [1.82, 2.24) is 0 Å². The van der Waals surface area contributed by atoms with E-state index < -0.39 is 24.2 Å². The molecule has 2 atom stereocenters. The summed E-state index contributed by atoms with van der Waals surface area (Å²) in [6, 6.07) is 33.2. The number of anilines is 1. The van der Waals surface area contributed by atoms with E-state index in [9.17, 15) is 9.59 Å². The Labute approximate surface area is 221 Å². The van der Waals surface area contributed by atoms with Gasteiger partial charge in [0.2, 0.25) is 6.10 Å². The number of rotatable bonds is 9. The highest BCUT2D eigenvalue weighted by atomic mass is 16.6. The standard InChI is InChI=1S/C31H27NO6/c1-35-30(33)29-28(32(31(34)38-29)24-15-9-4-10-16-24)26-18-17-25(36-20-22-11-5-2-6-12-22)19-27(26)37-21-23-13-7-3-8-14-23/h2-19,28-29H,20-21H2,1H3/t28-,29+/m1/s1. The predicted octanol–water partition coefficient (Wildman–Crippen LogP) is 6.08. The molecule has 5 rings (SSSR count). The Morgan fingerprint density at radius 3 is 1.97 bits per heavy atom. The Morgan fingerprint density at radius 2 is 1.37 bits per heavy atom. The summed E-state index contributed by atoms with van der Waals surface area (Å²) in [6.45, 7) is 0.663. The van der Waals surface area contributed by atoms with Crippen LogP contribution in [0, 0.1) is 0 Å². The van der Waals surface area contributed by atoms with Gasteiger partial charge in [0.25, 0.3) is 0 Å². The van der Waals surface area contributed by atoms with E-state index >= 15 is 0 Å². The van der Waals surface area contributed by atoms with Crippen molar-refractivity contribution < 1.29 is 28.5 Å². The van der Waals surface area contributed by atoms with Gasteiger partial charge < -0.3 is 18.9 Å². The van der Waals surface area contributed by atoms with E-state index in [2.05, 4.69) is 0 Å². The van der Waals surface area contributed by atoms with E-state index in [4.69, 9.17) is 18.9 Å².